The Hall–Kier alpha value is -2.21. The van der Waals surface area contributed by atoms with Crippen LogP contribution < -0.4 is 5.32 Å². The molecule has 1 aromatic rings. The number of piperidine rings is 1. The molecule has 0 bridgehead atoms. The number of carbonyl (C=O) groups excluding carboxylic acids is 3. The predicted molar refractivity (Wildman–Crippen MR) is 92.2 cm³/mol. The van der Waals surface area contributed by atoms with Crippen LogP contribution in [0.5, 0.6) is 0 Å². The first-order valence-electron chi connectivity index (χ1n) is 9.03. The van der Waals surface area contributed by atoms with E-state index in [-0.39, 0.29) is 30.7 Å². The fourth-order valence-corrected chi connectivity index (χ4v) is 4.26. The standard InChI is InChI=1S/C19H23N3O3/c23-16(21-11-7-19(8-12-21)6-9-20-13-19)5-10-22-17(24)14-3-1-2-4-15(14)18(22)25/h1-4,20H,5-13H2. The summed E-state index contributed by atoms with van der Waals surface area (Å²) >= 11 is 0. The summed E-state index contributed by atoms with van der Waals surface area (Å²) in [6.07, 6.45) is 3.48. The normalized spacial score (nSPS) is 21.9. The predicted octanol–water partition coefficient (Wildman–Crippen LogP) is 1.27. The number of nitrogens with one attached hydrogen (secondary N) is 1. The summed E-state index contributed by atoms with van der Waals surface area (Å²) in [7, 11) is 0. The molecule has 6 nitrogen and oxygen atoms in total. The van der Waals surface area contributed by atoms with E-state index in [0.717, 1.165) is 39.0 Å². The van der Waals surface area contributed by atoms with Gasteiger partial charge in [-0.25, -0.2) is 0 Å². The van der Waals surface area contributed by atoms with Gasteiger partial charge in [0, 0.05) is 32.6 Å². The molecule has 3 amide bonds. The quantitative estimate of drug-likeness (QED) is 0.841. The molecule has 25 heavy (non-hydrogen) atoms. The zero-order valence-corrected chi connectivity index (χ0v) is 14.3. The van der Waals surface area contributed by atoms with Crippen LogP contribution in [0.2, 0.25) is 0 Å². The van der Waals surface area contributed by atoms with Gasteiger partial charge < -0.3 is 10.2 Å². The SMILES string of the molecule is O=C(CCN1C(=O)c2ccccc2C1=O)N1CCC2(CCNC2)CC1. The molecule has 0 atom stereocenters. The van der Waals surface area contributed by atoms with Crippen molar-refractivity contribution in [3.05, 3.63) is 35.4 Å². The van der Waals surface area contributed by atoms with Gasteiger partial charge in [0.1, 0.15) is 0 Å². The molecule has 1 N–H and O–H groups in total. The summed E-state index contributed by atoms with van der Waals surface area (Å²) in [6, 6.07) is 6.83. The van der Waals surface area contributed by atoms with E-state index in [1.807, 2.05) is 4.90 Å². The number of likely N-dealkylation sites (tertiary alicyclic amines) is 1. The molecule has 0 unspecified atom stereocenters. The van der Waals surface area contributed by atoms with Gasteiger partial charge in [-0.1, -0.05) is 12.1 Å². The largest absolute Gasteiger partial charge is 0.343 e. The lowest BCUT2D eigenvalue weighted by Crippen LogP contribution is -2.45. The van der Waals surface area contributed by atoms with Crippen molar-refractivity contribution in [2.75, 3.05) is 32.7 Å². The molecule has 0 aromatic heterocycles. The highest BCUT2D eigenvalue weighted by molar-refractivity contribution is 6.21. The van der Waals surface area contributed by atoms with Crippen molar-refractivity contribution in [1.29, 1.82) is 0 Å². The van der Waals surface area contributed by atoms with E-state index in [9.17, 15) is 14.4 Å². The van der Waals surface area contributed by atoms with Crippen LogP contribution in [-0.2, 0) is 4.79 Å². The highest BCUT2D eigenvalue weighted by atomic mass is 16.2. The summed E-state index contributed by atoms with van der Waals surface area (Å²) < 4.78 is 0. The minimum Gasteiger partial charge on any atom is -0.343 e. The van der Waals surface area contributed by atoms with Gasteiger partial charge in [-0.2, -0.15) is 0 Å². The highest BCUT2D eigenvalue weighted by Gasteiger charge is 2.39. The van der Waals surface area contributed by atoms with E-state index in [4.69, 9.17) is 0 Å². The minimum atomic E-state index is -0.289. The van der Waals surface area contributed by atoms with E-state index in [0.29, 0.717) is 16.5 Å². The Morgan fingerprint density at radius 1 is 1.04 bits per heavy atom. The Kier molecular flexibility index (Phi) is 4.07. The number of carbonyl (C=O) groups is 3. The van der Waals surface area contributed by atoms with Crippen molar-refractivity contribution in [2.24, 2.45) is 5.41 Å². The molecular formula is C19H23N3O3. The van der Waals surface area contributed by atoms with Crippen LogP contribution in [0.25, 0.3) is 0 Å². The second-order valence-corrected chi connectivity index (χ2v) is 7.37. The molecule has 4 rings (SSSR count). The van der Waals surface area contributed by atoms with Crippen molar-refractivity contribution < 1.29 is 14.4 Å². The van der Waals surface area contributed by atoms with Crippen LogP contribution in [0, 0.1) is 5.41 Å². The van der Waals surface area contributed by atoms with E-state index in [2.05, 4.69) is 5.32 Å². The number of rotatable bonds is 3. The average molecular weight is 341 g/mol. The van der Waals surface area contributed by atoms with E-state index < -0.39 is 0 Å². The summed E-state index contributed by atoms with van der Waals surface area (Å²) in [5, 5.41) is 3.42. The van der Waals surface area contributed by atoms with Gasteiger partial charge in [0.05, 0.1) is 11.1 Å². The minimum absolute atomic E-state index is 0.0392. The van der Waals surface area contributed by atoms with Gasteiger partial charge in [-0.05, 0) is 43.4 Å². The number of hydrogen-bond donors (Lipinski definition) is 1. The number of fused-ring (bicyclic) bond motifs is 1. The maximum atomic E-state index is 12.5. The van der Waals surface area contributed by atoms with E-state index in [1.54, 1.807) is 24.3 Å². The summed E-state index contributed by atoms with van der Waals surface area (Å²) in [5.41, 5.74) is 1.25. The molecule has 3 aliphatic heterocycles. The maximum absolute atomic E-state index is 12.5. The van der Waals surface area contributed by atoms with E-state index >= 15 is 0 Å². The van der Waals surface area contributed by atoms with Crippen LogP contribution in [0.1, 0.15) is 46.4 Å². The van der Waals surface area contributed by atoms with Gasteiger partial charge in [-0.3, -0.25) is 19.3 Å². The number of amides is 3. The average Bonchev–Trinajstić information content (AvgIpc) is 3.18. The Bertz CT molecular complexity index is 679. The Morgan fingerprint density at radius 3 is 2.24 bits per heavy atom. The molecule has 6 heteroatoms. The third-order valence-corrected chi connectivity index (χ3v) is 5.94. The lowest BCUT2D eigenvalue weighted by molar-refractivity contribution is -0.133. The van der Waals surface area contributed by atoms with E-state index in [1.165, 1.54) is 11.3 Å². The van der Waals surface area contributed by atoms with Crippen molar-refractivity contribution in [1.82, 2.24) is 15.1 Å². The van der Waals surface area contributed by atoms with Crippen molar-refractivity contribution in [3.8, 4) is 0 Å². The zero-order valence-electron chi connectivity index (χ0n) is 14.3. The summed E-state index contributed by atoms with van der Waals surface area (Å²) in [6.45, 7) is 3.86. The lowest BCUT2D eigenvalue weighted by Gasteiger charge is -2.39. The second-order valence-electron chi connectivity index (χ2n) is 7.37. The fourth-order valence-electron chi connectivity index (χ4n) is 4.26. The number of hydrogen-bond acceptors (Lipinski definition) is 4. The van der Waals surface area contributed by atoms with Crippen LogP contribution in [-0.4, -0.2) is 60.2 Å². The molecule has 3 heterocycles. The van der Waals surface area contributed by atoms with Crippen LogP contribution in [0.15, 0.2) is 24.3 Å². The number of benzene rings is 1. The number of nitrogens with zero attached hydrogens (tertiary/aromatic N) is 2. The molecule has 2 fully saturated rings. The summed E-state index contributed by atoms with van der Waals surface area (Å²) in [4.78, 5) is 40.3. The van der Waals surface area contributed by atoms with Crippen molar-refractivity contribution in [2.45, 2.75) is 25.7 Å². The van der Waals surface area contributed by atoms with Gasteiger partial charge in [0.2, 0.25) is 5.91 Å². The second kappa shape index (κ2) is 6.26. The first kappa shape index (κ1) is 16.3. The molecule has 3 aliphatic rings. The molecular weight excluding hydrogens is 318 g/mol. The number of imide groups is 1. The molecule has 132 valence electrons. The van der Waals surface area contributed by atoms with Gasteiger partial charge in [0.25, 0.3) is 11.8 Å². The maximum Gasteiger partial charge on any atom is 0.261 e. The highest BCUT2D eigenvalue weighted by Crippen LogP contribution is 2.37. The van der Waals surface area contributed by atoms with Gasteiger partial charge in [0.15, 0.2) is 0 Å². The Balaban J connectivity index is 1.33. The Labute approximate surface area is 147 Å². The van der Waals surface area contributed by atoms with Gasteiger partial charge >= 0.3 is 0 Å². The monoisotopic (exact) mass is 341 g/mol. The van der Waals surface area contributed by atoms with Crippen molar-refractivity contribution >= 4 is 17.7 Å². The van der Waals surface area contributed by atoms with Gasteiger partial charge in [-0.15, -0.1) is 0 Å². The fraction of sp³-hybridized carbons (Fsp3) is 0.526. The Morgan fingerprint density at radius 2 is 1.68 bits per heavy atom. The third kappa shape index (κ3) is 2.84. The molecule has 1 aromatic carbocycles. The van der Waals surface area contributed by atoms with Crippen LogP contribution >= 0.6 is 0 Å². The third-order valence-electron chi connectivity index (χ3n) is 5.94. The molecule has 0 radical (unpaired) electrons. The molecule has 0 aliphatic carbocycles. The van der Waals surface area contributed by atoms with Crippen LogP contribution in [0.3, 0.4) is 0 Å². The topological polar surface area (TPSA) is 69.7 Å². The zero-order chi connectivity index (χ0) is 17.4. The summed E-state index contributed by atoms with van der Waals surface area (Å²) in [5.74, 6) is -0.539. The molecule has 0 saturated carbocycles. The molecule has 2 saturated heterocycles. The lowest BCUT2D eigenvalue weighted by atomic mass is 9.78. The van der Waals surface area contributed by atoms with Crippen molar-refractivity contribution in [3.63, 3.8) is 0 Å². The first-order valence-corrected chi connectivity index (χ1v) is 9.03. The molecule has 1 spiro atoms. The smallest absolute Gasteiger partial charge is 0.261 e. The van der Waals surface area contributed by atoms with Crippen LogP contribution in [0.4, 0.5) is 0 Å². The first-order chi connectivity index (χ1) is 12.1.